The Labute approximate surface area is 326 Å². The second kappa shape index (κ2) is 18.1. The maximum atomic E-state index is 15.4. The predicted molar refractivity (Wildman–Crippen MR) is 207 cm³/mol. The molecule has 0 saturated heterocycles. The van der Waals surface area contributed by atoms with Crippen molar-refractivity contribution in [1.82, 2.24) is 4.98 Å². The molecular weight excluding hydrogens is 773 g/mol. The van der Waals surface area contributed by atoms with Gasteiger partial charge < -0.3 is 9.64 Å². The van der Waals surface area contributed by atoms with Gasteiger partial charge in [0.15, 0.2) is 10.0 Å². The molecular formula is C40H40F4N4O6S2. The number of aromatic nitrogens is 1. The minimum Gasteiger partial charge on any atom is -0.466 e. The average Bonchev–Trinajstić information content (AvgIpc) is 3.65. The molecule has 296 valence electrons. The zero-order chi connectivity index (χ0) is 40.6. The number of nitro groups is 1. The first kappa shape index (κ1) is 41.8. The van der Waals surface area contributed by atoms with Gasteiger partial charge in [-0.05, 0) is 72.7 Å². The summed E-state index contributed by atoms with van der Waals surface area (Å²) >= 11 is 1.37. The lowest BCUT2D eigenvalue weighted by Crippen LogP contribution is -2.31. The average molecular weight is 813 g/mol. The van der Waals surface area contributed by atoms with E-state index in [9.17, 15) is 36.5 Å². The van der Waals surface area contributed by atoms with Crippen molar-refractivity contribution < 1.29 is 40.4 Å². The van der Waals surface area contributed by atoms with Crippen LogP contribution < -0.4 is 9.21 Å². The molecule has 4 aromatic carbocycles. The van der Waals surface area contributed by atoms with Crippen molar-refractivity contribution in [3.63, 3.8) is 0 Å². The van der Waals surface area contributed by atoms with Crippen LogP contribution in [0, 0.1) is 21.8 Å². The Morgan fingerprint density at radius 2 is 1.62 bits per heavy atom. The van der Waals surface area contributed by atoms with Crippen LogP contribution in [0.1, 0.15) is 55.9 Å². The van der Waals surface area contributed by atoms with Crippen LogP contribution >= 0.6 is 11.3 Å². The fraction of sp³-hybridized carbons (Fsp3) is 0.300. The van der Waals surface area contributed by atoms with Crippen molar-refractivity contribution in [1.29, 1.82) is 0 Å². The normalized spacial score (nSPS) is 11.8. The number of ether oxygens (including phenoxy) is 1. The third-order valence-electron chi connectivity index (χ3n) is 8.83. The molecule has 1 aromatic heterocycles. The van der Waals surface area contributed by atoms with Gasteiger partial charge in [0.05, 0.1) is 35.0 Å². The van der Waals surface area contributed by atoms with Gasteiger partial charge in [-0.2, -0.15) is 13.2 Å². The van der Waals surface area contributed by atoms with E-state index in [1.54, 1.807) is 24.4 Å². The van der Waals surface area contributed by atoms with Crippen LogP contribution in [-0.4, -0.2) is 37.4 Å². The van der Waals surface area contributed by atoms with Crippen molar-refractivity contribution in [2.24, 2.45) is 5.92 Å². The van der Waals surface area contributed by atoms with Crippen molar-refractivity contribution >= 4 is 43.8 Å². The van der Waals surface area contributed by atoms with Gasteiger partial charge in [-0.1, -0.05) is 68.4 Å². The number of anilines is 2. The minimum absolute atomic E-state index is 0.0227. The molecule has 10 nitrogen and oxygen atoms in total. The Hall–Kier alpha value is -5.35. The maximum Gasteiger partial charge on any atom is 0.416 e. The molecule has 16 heteroatoms. The van der Waals surface area contributed by atoms with E-state index in [-0.39, 0.29) is 37.2 Å². The number of benzene rings is 4. The number of hydrogen-bond acceptors (Lipinski definition) is 9. The summed E-state index contributed by atoms with van der Waals surface area (Å²) < 4.78 is 89.0. The number of carbonyl (C=O) groups is 1. The molecule has 0 aliphatic carbocycles. The molecule has 0 unspecified atom stereocenters. The van der Waals surface area contributed by atoms with Crippen LogP contribution in [0.5, 0.6) is 0 Å². The van der Waals surface area contributed by atoms with E-state index in [1.807, 2.05) is 12.1 Å². The van der Waals surface area contributed by atoms with Gasteiger partial charge in [0.2, 0.25) is 0 Å². The molecule has 5 rings (SSSR count). The number of aryl methyl sites for hydroxylation is 1. The van der Waals surface area contributed by atoms with E-state index in [4.69, 9.17) is 9.72 Å². The third kappa shape index (κ3) is 10.5. The monoisotopic (exact) mass is 812 g/mol. The highest BCUT2D eigenvalue weighted by Gasteiger charge is 2.33. The number of sulfonamides is 1. The summed E-state index contributed by atoms with van der Waals surface area (Å²) in [6.45, 7) is 6.79. The fourth-order valence-electron chi connectivity index (χ4n) is 5.79. The number of rotatable bonds is 17. The van der Waals surface area contributed by atoms with Crippen LogP contribution in [0.3, 0.4) is 0 Å². The standard InChI is InChI=1S/C40H40F4N4O6S2/c1-4-54-38(49)20-16-30-15-19-33(23-34(30)41)47(56(52,53)37-8-6-5-7-36(37)48(50)51)25-29-11-9-28(10-12-29)24-46(22-21-27(2)3)39-45-35(26-55-39)31-13-17-32(18-14-31)40(42,43)44/h5-15,17-19,23,26-27H,4,16,20-22,24-25H2,1-3H3. The van der Waals surface area contributed by atoms with Crippen molar-refractivity contribution in [3.8, 4) is 11.3 Å². The summed E-state index contributed by atoms with van der Waals surface area (Å²) in [5.41, 5.74) is 1.19. The molecule has 1 heterocycles. The first-order valence-corrected chi connectivity index (χ1v) is 20.0. The number of alkyl halides is 3. The van der Waals surface area contributed by atoms with Crippen molar-refractivity contribution in [2.45, 2.75) is 64.2 Å². The lowest BCUT2D eigenvalue weighted by Gasteiger charge is -2.26. The number of esters is 1. The van der Waals surface area contributed by atoms with Crippen LogP contribution in [-0.2, 0) is 45.2 Å². The molecule has 56 heavy (non-hydrogen) atoms. The lowest BCUT2D eigenvalue weighted by atomic mass is 10.1. The number of thiazole rings is 1. The van der Waals surface area contributed by atoms with Gasteiger partial charge in [-0.3, -0.25) is 19.2 Å². The number of carbonyl (C=O) groups excluding carboxylic acids is 1. The van der Waals surface area contributed by atoms with Crippen molar-refractivity contribution in [3.05, 3.63) is 135 Å². The molecule has 0 aliphatic rings. The Balaban J connectivity index is 1.42. The van der Waals surface area contributed by atoms with Crippen LogP contribution in [0.15, 0.2) is 101 Å². The van der Waals surface area contributed by atoms with Gasteiger partial charge in [-0.15, -0.1) is 11.3 Å². The van der Waals surface area contributed by atoms with Crippen LogP contribution in [0.4, 0.5) is 34.1 Å². The second-order valence-electron chi connectivity index (χ2n) is 13.3. The predicted octanol–water partition coefficient (Wildman–Crippen LogP) is 9.82. The Kier molecular flexibility index (Phi) is 13.5. The molecule has 0 spiro atoms. The summed E-state index contributed by atoms with van der Waals surface area (Å²) in [5, 5.41) is 14.3. The first-order chi connectivity index (χ1) is 26.6. The smallest absolute Gasteiger partial charge is 0.416 e. The molecule has 0 fully saturated rings. The number of nitro benzene ring substituents is 1. The highest BCUT2D eigenvalue weighted by Crippen LogP contribution is 2.35. The van der Waals surface area contributed by atoms with E-state index >= 15 is 4.39 Å². The van der Waals surface area contributed by atoms with Crippen LogP contribution in [0.2, 0.25) is 0 Å². The zero-order valence-corrected chi connectivity index (χ0v) is 32.5. The summed E-state index contributed by atoms with van der Waals surface area (Å²) in [7, 11) is -4.62. The van der Waals surface area contributed by atoms with Gasteiger partial charge in [0.1, 0.15) is 5.82 Å². The molecule has 0 aliphatic heterocycles. The van der Waals surface area contributed by atoms with E-state index in [2.05, 4.69) is 18.7 Å². The molecule has 5 aromatic rings. The van der Waals surface area contributed by atoms with Crippen molar-refractivity contribution in [2.75, 3.05) is 22.4 Å². The summed E-state index contributed by atoms with van der Waals surface area (Å²) in [6, 6.07) is 20.6. The topological polar surface area (TPSA) is 123 Å². The Morgan fingerprint density at radius 3 is 2.23 bits per heavy atom. The van der Waals surface area contributed by atoms with Gasteiger partial charge in [0.25, 0.3) is 15.7 Å². The Morgan fingerprint density at radius 1 is 0.964 bits per heavy atom. The highest BCUT2D eigenvalue weighted by atomic mass is 32.2. The molecule has 0 amide bonds. The maximum absolute atomic E-state index is 15.4. The molecule has 0 radical (unpaired) electrons. The minimum atomic E-state index is -4.62. The summed E-state index contributed by atoms with van der Waals surface area (Å²) in [5.74, 6) is -0.883. The quantitative estimate of drug-likeness (QED) is 0.0394. The summed E-state index contributed by atoms with van der Waals surface area (Å²) in [4.78, 5) is 29.2. The SMILES string of the molecule is CCOC(=O)CCc1ccc(N(Cc2ccc(CN(CCC(C)C)c3nc(-c4ccc(C(F)(F)F)cc4)cs3)cc2)S(=O)(=O)c2ccccc2[N+](=O)[O-])cc1F. The molecule has 0 saturated carbocycles. The molecule has 0 atom stereocenters. The van der Waals surface area contributed by atoms with E-state index < -0.39 is 49.1 Å². The second-order valence-corrected chi connectivity index (χ2v) is 16.0. The van der Waals surface area contributed by atoms with Gasteiger partial charge in [-0.25, -0.2) is 17.8 Å². The lowest BCUT2D eigenvalue weighted by molar-refractivity contribution is -0.387. The van der Waals surface area contributed by atoms with E-state index in [0.29, 0.717) is 41.0 Å². The number of para-hydroxylation sites is 1. The van der Waals surface area contributed by atoms with Gasteiger partial charge >= 0.3 is 12.1 Å². The largest absolute Gasteiger partial charge is 0.466 e. The van der Waals surface area contributed by atoms with E-state index in [1.165, 1.54) is 47.7 Å². The Bertz CT molecular complexity index is 2250. The van der Waals surface area contributed by atoms with E-state index in [0.717, 1.165) is 46.6 Å². The highest BCUT2D eigenvalue weighted by molar-refractivity contribution is 7.93. The summed E-state index contributed by atoms with van der Waals surface area (Å²) in [6.07, 6.45) is -3.66. The third-order valence-corrected chi connectivity index (χ3v) is 11.6. The zero-order valence-electron chi connectivity index (χ0n) is 30.8. The number of hydrogen-bond donors (Lipinski definition) is 0. The number of nitrogens with zero attached hydrogens (tertiary/aromatic N) is 4. The fourth-order valence-corrected chi connectivity index (χ4v) is 8.26. The number of halogens is 4. The molecule has 0 N–H and O–H groups in total. The molecule has 0 bridgehead atoms. The first-order valence-electron chi connectivity index (χ1n) is 17.7. The van der Waals surface area contributed by atoms with Crippen LogP contribution in [0.25, 0.3) is 11.3 Å². The van der Waals surface area contributed by atoms with Gasteiger partial charge in [0, 0.05) is 36.5 Å².